The van der Waals surface area contributed by atoms with E-state index in [0.717, 1.165) is 44.8 Å². The van der Waals surface area contributed by atoms with Crippen molar-refractivity contribution in [2.75, 3.05) is 14.2 Å². The largest absolute Gasteiger partial charge is 0.496 e. The molecule has 1 aromatic heterocycles. The molecule has 4 nitrogen and oxygen atoms in total. The molecule has 0 aliphatic rings. The number of methoxy groups -OCH3 is 1. The third kappa shape index (κ3) is 2.60. The maximum atomic E-state index is 5.43. The van der Waals surface area contributed by atoms with Gasteiger partial charge in [-0.1, -0.05) is 0 Å². The van der Waals surface area contributed by atoms with Crippen molar-refractivity contribution in [2.24, 2.45) is 7.05 Å². The van der Waals surface area contributed by atoms with Gasteiger partial charge in [-0.05, 0) is 60.1 Å². The lowest BCUT2D eigenvalue weighted by Gasteiger charge is -2.12. The van der Waals surface area contributed by atoms with Gasteiger partial charge in [0, 0.05) is 19.2 Å². The topological polar surface area (TPSA) is 39.1 Å². The van der Waals surface area contributed by atoms with Crippen molar-refractivity contribution in [3.05, 3.63) is 33.4 Å². The third-order valence-corrected chi connectivity index (χ3v) is 4.17. The van der Waals surface area contributed by atoms with Crippen molar-refractivity contribution >= 4 is 15.9 Å². The smallest absolute Gasteiger partial charge is 0.124 e. The highest BCUT2D eigenvalue weighted by Crippen LogP contribution is 2.35. The highest BCUT2D eigenvalue weighted by Gasteiger charge is 2.16. The Labute approximate surface area is 128 Å². The molecule has 0 saturated heterocycles. The molecule has 5 heteroatoms. The second kappa shape index (κ2) is 5.97. The molecule has 0 saturated carbocycles. The van der Waals surface area contributed by atoms with Crippen LogP contribution >= 0.6 is 15.9 Å². The number of aryl methyl sites for hydroxylation is 3. The normalized spacial score (nSPS) is 10.9. The Kier molecular flexibility index (Phi) is 4.50. The molecule has 0 atom stereocenters. The van der Waals surface area contributed by atoms with E-state index < -0.39 is 0 Å². The Bertz CT molecular complexity index is 611. The maximum Gasteiger partial charge on any atom is 0.124 e. The van der Waals surface area contributed by atoms with Crippen LogP contribution in [0, 0.1) is 13.8 Å². The maximum absolute atomic E-state index is 5.43. The summed E-state index contributed by atoms with van der Waals surface area (Å²) in [5, 5.41) is 7.69. The van der Waals surface area contributed by atoms with Crippen LogP contribution in [0.25, 0.3) is 11.3 Å². The molecule has 20 heavy (non-hydrogen) atoms. The monoisotopic (exact) mass is 337 g/mol. The SMILES string of the molecule is CNCc1nn(C)c(-c2cc(C)c(OC)c(C)c2)c1Br. The molecule has 0 unspecified atom stereocenters. The minimum absolute atomic E-state index is 0.739. The Morgan fingerprint density at radius 2 is 1.90 bits per heavy atom. The van der Waals surface area contributed by atoms with E-state index in [1.807, 2.05) is 18.8 Å². The molecule has 1 N–H and O–H groups in total. The van der Waals surface area contributed by atoms with Gasteiger partial charge in [-0.3, -0.25) is 4.68 Å². The van der Waals surface area contributed by atoms with Crippen LogP contribution in [0.2, 0.25) is 0 Å². The summed E-state index contributed by atoms with van der Waals surface area (Å²) in [6, 6.07) is 4.27. The van der Waals surface area contributed by atoms with Crippen molar-refractivity contribution < 1.29 is 4.74 Å². The van der Waals surface area contributed by atoms with Crippen LogP contribution < -0.4 is 10.1 Å². The number of nitrogens with one attached hydrogen (secondary N) is 1. The number of rotatable bonds is 4. The second-order valence-corrected chi connectivity index (χ2v) is 5.70. The first-order valence-electron chi connectivity index (χ1n) is 6.51. The lowest BCUT2D eigenvalue weighted by molar-refractivity contribution is 0.408. The molecule has 0 fully saturated rings. The van der Waals surface area contributed by atoms with Crippen molar-refractivity contribution in [2.45, 2.75) is 20.4 Å². The predicted octanol–water partition coefficient (Wildman–Crippen LogP) is 3.19. The van der Waals surface area contributed by atoms with Crippen LogP contribution in [0.3, 0.4) is 0 Å². The third-order valence-electron chi connectivity index (χ3n) is 3.34. The zero-order valence-electron chi connectivity index (χ0n) is 12.5. The van der Waals surface area contributed by atoms with Gasteiger partial charge in [0.05, 0.1) is 23.0 Å². The average Bonchev–Trinajstić information content (AvgIpc) is 2.64. The molecule has 0 spiro atoms. The first-order chi connectivity index (χ1) is 9.49. The van der Waals surface area contributed by atoms with Crippen molar-refractivity contribution in [3.8, 4) is 17.0 Å². The van der Waals surface area contributed by atoms with Crippen molar-refractivity contribution in [3.63, 3.8) is 0 Å². The van der Waals surface area contributed by atoms with E-state index in [0.29, 0.717) is 0 Å². The number of ether oxygens (including phenoxy) is 1. The van der Waals surface area contributed by atoms with E-state index in [1.165, 1.54) is 0 Å². The summed E-state index contributed by atoms with van der Waals surface area (Å²) < 4.78 is 8.38. The zero-order valence-corrected chi connectivity index (χ0v) is 14.1. The second-order valence-electron chi connectivity index (χ2n) is 4.91. The van der Waals surface area contributed by atoms with Gasteiger partial charge < -0.3 is 10.1 Å². The fourth-order valence-corrected chi connectivity index (χ4v) is 3.26. The Hall–Kier alpha value is -1.33. The quantitative estimate of drug-likeness (QED) is 0.931. The minimum atomic E-state index is 0.739. The van der Waals surface area contributed by atoms with Crippen LogP contribution in [0.4, 0.5) is 0 Å². The Morgan fingerprint density at radius 3 is 2.40 bits per heavy atom. The van der Waals surface area contributed by atoms with Gasteiger partial charge in [0.2, 0.25) is 0 Å². The highest BCUT2D eigenvalue weighted by molar-refractivity contribution is 9.10. The summed E-state index contributed by atoms with van der Waals surface area (Å²) in [5.41, 5.74) is 5.50. The fraction of sp³-hybridized carbons (Fsp3) is 0.400. The molecule has 2 rings (SSSR count). The number of halogens is 1. The van der Waals surface area contributed by atoms with Crippen LogP contribution in [0.1, 0.15) is 16.8 Å². The fourth-order valence-electron chi connectivity index (χ4n) is 2.56. The van der Waals surface area contributed by atoms with E-state index in [4.69, 9.17) is 4.74 Å². The first kappa shape index (κ1) is 15.1. The molecule has 1 heterocycles. The predicted molar refractivity (Wildman–Crippen MR) is 85.1 cm³/mol. The van der Waals surface area contributed by atoms with Crippen LogP contribution in [0.5, 0.6) is 5.75 Å². The number of hydrogen-bond donors (Lipinski definition) is 1. The molecular formula is C15H20BrN3O. The summed E-state index contributed by atoms with van der Waals surface area (Å²) in [6.07, 6.45) is 0. The van der Waals surface area contributed by atoms with E-state index in [-0.39, 0.29) is 0 Å². The van der Waals surface area contributed by atoms with Crippen molar-refractivity contribution in [1.29, 1.82) is 0 Å². The van der Waals surface area contributed by atoms with Gasteiger partial charge in [0.1, 0.15) is 5.75 Å². The van der Waals surface area contributed by atoms with Gasteiger partial charge in [0.15, 0.2) is 0 Å². The van der Waals surface area contributed by atoms with E-state index in [1.54, 1.807) is 7.11 Å². The minimum Gasteiger partial charge on any atom is -0.496 e. The summed E-state index contributed by atoms with van der Waals surface area (Å²) in [6.45, 7) is 4.87. The zero-order chi connectivity index (χ0) is 14.9. The Morgan fingerprint density at radius 1 is 1.30 bits per heavy atom. The van der Waals surface area contributed by atoms with Crippen LogP contribution in [0.15, 0.2) is 16.6 Å². The summed E-state index contributed by atoms with van der Waals surface area (Å²) in [5.74, 6) is 0.947. The van der Waals surface area contributed by atoms with Gasteiger partial charge in [-0.25, -0.2) is 0 Å². The number of benzene rings is 1. The average molecular weight is 338 g/mol. The summed E-state index contributed by atoms with van der Waals surface area (Å²) in [4.78, 5) is 0. The lowest BCUT2D eigenvalue weighted by Crippen LogP contribution is -2.06. The molecule has 1 aromatic carbocycles. The molecule has 0 aliphatic heterocycles. The van der Waals surface area contributed by atoms with Gasteiger partial charge in [-0.15, -0.1) is 0 Å². The van der Waals surface area contributed by atoms with E-state index in [9.17, 15) is 0 Å². The van der Waals surface area contributed by atoms with Gasteiger partial charge >= 0.3 is 0 Å². The van der Waals surface area contributed by atoms with E-state index in [2.05, 4.69) is 52.3 Å². The highest BCUT2D eigenvalue weighted by atomic mass is 79.9. The molecule has 2 aromatic rings. The standard InChI is InChI=1S/C15H20BrN3O/c1-9-6-11(7-10(2)15(9)20-5)14-13(16)12(8-17-3)18-19(14)4/h6-7,17H,8H2,1-5H3. The molecule has 0 bridgehead atoms. The molecule has 0 radical (unpaired) electrons. The number of aromatic nitrogens is 2. The van der Waals surface area contributed by atoms with Crippen molar-refractivity contribution in [1.82, 2.24) is 15.1 Å². The summed E-state index contributed by atoms with van der Waals surface area (Å²) >= 11 is 3.67. The summed E-state index contributed by atoms with van der Waals surface area (Å²) in [7, 11) is 5.59. The Balaban J connectivity index is 2.57. The number of hydrogen-bond acceptors (Lipinski definition) is 3. The van der Waals surface area contributed by atoms with E-state index >= 15 is 0 Å². The van der Waals surface area contributed by atoms with Gasteiger partial charge in [0.25, 0.3) is 0 Å². The molecule has 108 valence electrons. The van der Waals surface area contributed by atoms with Gasteiger partial charge in [-0.2, -0.15) is 5.10 Å². The number of nitrogens with zero attached hydrogens (tertiary/aromatic N) is 2. The van der Waals surface area contributed by atoms with Crippen LogP contribution in [-0.4, -0.2) is 23.9 Å². The molecule has 0 aliphatic carbocycles. The molecular weight excluding hydrogens is 318 g/mol. The molecule has 0 amide bonds. The lowest BCUT2D eigenvalue weighted by atomic mass is 10.0. The first-order valence-corrected chi connectivity index (χ1v) is 7.30. The van der Waals surface area contributed by atoms with Crippen LogP contribution in [-0.2, 0) is 13.6 Å².